The SMILES string of the molecule is CCC(C)N(CC(=O)Nc1cccc(C)c1C)C(=O)Cn1nc2ccccn2c1=O. The highest BCUT2D eigenvalue weighted by Crippen LogP contribution is 2.18. The van der Waals surface area contributed by atoms with E-state index in [4.69, 9.17) is 0 Å². The molecule has 158 valence electrons. The number of hydrogen-bond acceptors (Lipinski definition) is 4. The van der Waals surface area contributed by atoms with Crippen LogP contribution in [0, 0.1) is 13.8 Å². The van der Waals surface area contributed by atoms with E-state index in [0.717, 1.165) is 21.5 Å². The number of aryl methyl sites for hydroxylation is 1. The topological polar surface area (TPSA) is 88.7 Å². The van der Waals surface area contributed by atoms with E-state index in [1.807, 2.05) is 45.9 Å². The largest absolute Gasteiger partial charge is 0.350 e. The zero-order valence-corrected chi connectivity index (χ0v) is 17.8. The lowest BCUT2D eigenvalue weighted by Gasteiger charge is -2.28. The smallest absolute Gasteiger partial charge is 0.329 e. The van der Waals surface area contributed by atoms with Crippen molar-refractivity contribution in [3.8, 4) is 0 Å². The lowest BCUT2D eigenvalue weighted by atomic mass is 10.1. The molecule has 0 radical (unpaired) electrons. The van der Waals surface area contributed by atoms with E-state index in [2.05, 4.69) is 10.4 Å². The second kappa shape index (κ2) is 8.94. The van der Waals surface area contributed by atoms with Gasteiger partial charge >= 0.3 is 5.69 Å². The number of carbonyl (C=O) groups excluding carboxylic acids is 2. The minimum absolute atomic E-state index is 0.0939. The first-order valence-corrected chi connectivity index (χ1v) is 10.0. The van der Waals surface area contributed by atoms with Crippen molar-refractivity contribution in [2.45, 2.75) is 46.7 Å². The number of nitrogens with one attached hydrogen (secondary N) is 1. The molecule has 2 heterocycles. The molecule has 0 aliphatic rings. The summed E-state index contributed by atoms with van der Waals surface area (Å²) in [5, 5.41) is 7.10. The van der Waals surface area contributed by atoms with Crippen LogP contribution in [0.25, 0.3) is 5.65 Å². The molecule has 1 atom stereocenters. The zero-order valence-electron chi connectivity index (χ0n) is 17.8. The van der Waals surface area contributed by atoms with E-state index in [0.29, 0.717) is 12.1 Å². The molecule has 8 heteroatoms. The number of rotatable bonds is 7. The second-order valence-corrected chi connectivity index (χ2v) is 7.44. The van der Waals surface area contributed by atoms with Crippen molar-refractivity contribution in [1.29, 1.82) is 0 Å². The summed E-state index contributed by atoms with van der Waals surface area (Å²) in [7, 11) is 0. The van der Waals surface area contributed by atoms with Crippen molar-refractivity contribution in [3.05, 3.63) is 64.2 Å². The number of hydrogen-bond donors (Lipinski definition) is 1. The fourth-order valence-corrected chi connectivity index (χ4v) is 3.23. The van der Waals surface area contributed by atoms with Crippen LogP contribution in [0.2, 0.25) is 0 Å². The number of pyridine rings is 1. The molecule has 1 N–H and O–H groups in total. The van der Waals surface area contributed by atoms with Gasteiger partial charge in [0.2, 0.25) is 11.8 Å². The van der Waals surface area contributed by atoms with Crippen molar-refractivity contribution in [3.63, 3.8) is 0 Å². The molecule has 0 fully saturated rings. The molecule has 0 bridgehead atoms. The van der Waals surface area contributed by atoms with Gasteiger partial charge in [-0.25, -0.2) is 9.48 Å². The average Bonchev–Trinajstić information content (AvgIpc) is 3.04. The molecule has 0 saturated heterocycles. The fourth-order valence-electron chi connectivity index (χ4n) is 3.23. The first-order chi connectivity index (χ1) is 14.3. The van der Waals surface area contributed by atoms with Crippen molar-refractivity contribution >= 4 is 23.1 Å². The Morgan fingerprint density at radius 1 is 1.17 bits per heavy atom. The summed E-state index contributed by atoms with van der Waals surface area (Å²) in [5.41, 5.74) is 2.88. The van der Waals surface area contributed by atoms with E-state index in [1.165, 1.54) is 9.30 Å². The summed E-state index contributed by atoms with van der Waals surface area (Å²) in [6.07, 6.45) is 2.29. The third-order valence-electron chi connectivity index (χ3n) is 5.41. The minimum Gasteiger partial charge on any atom is -0.329 e. The lowest BCUT2D eigenvalue weighted by Crippen LogP contribution is -2.45. The molecule has 3 rings (SSSR count). The Morgan fingerprint density at radius 3 is 2.63 bits per heavy atom. The normalized spacial score (nSPS) is 12.0. The molecule has 3 aromatic rings. The maximum atomic E-state index is 13.0. The average molecular weight is 409 g/mol. The molecule has 0 aliphatic carbocycles. The maximum absolute atomic E-state index is 13.0. The van der Waals surface area contributed by atoms with Crippen LogP contribution in [0.4, 0.5) is 5.69 Å². The number of anilines is 1. The second-order valence-electron chi connectivity index (χ2n) is 7.44. The van der Waals surface area contributed by atoms with E-state index < -0.39 is 0 Å². The van der Waals surface area contributed by atoms with Crippen LogP contribution in [0.1, 0.15) is 31.4 Å². The first-order valence-electron chi connectivity index (χ1n) is 10.0. The Hall–Kier alpha value is -3.42. The standard InChI is InChI=1S/C22H27N5O3/c1-5-16(3)26(13-20(28)23-18-10-8-9-15(2)17(18)4)21(29)14-27-22(30)25-12-7-6-11-19(25)24-27/h6-12,16H,5,13-14H2,1-4H3,(H,23,28). The molecule has 0 aliphatic heterocycles. The van der Waals surface area contributed by atoms with Gasteiger partial charge in [0.25, 0.3) is 0 Å². The predicted octanol–water partition coefficient (Wildman–Crippen LogP) is 2.38. The van der Waals surface area contributed by atoms with Crippen LogP contribution < -0.4 is 11.0 Å². The van der Waals surface area contributed by atoms with Gasteiger partial charge in [-0.1, -0.05) is 25.1 Å². The maximum Gasteiger partial charge on any atom is 0.350 e. The van der Waals surface area contributed by atoms with Crippen LogP contribution >= 0.6 is 0 Å². The number of nitrogens with zero attached hydrogens (tertiary/aromatic N) is 4. The molecule has 1 unspecified atom stereocenters. The highest BCUT2D eigenvalue weighted by molar-refractivity contribution is 5.95. The third-order valence-corrected chi connectivity index (χ3v) is 5.41. The van der Waals surface area contributed by atoms with Crippen molar-refractivity contribution in [2.75, 3.05) is 11.9 Å². The summed E-state index contributed by atoms with van der Waals surface area (Å²) in [4.78, 5) is 39.6. The number of benzene rings is 1. The van der Waals surface area contributed by atoms with Gasteiger partial charge < -0.3 is 10.2 Å². The van der Waals surface area contributed by atoms with Crippen LogP contribution in [-0.4, -0.2) is 43.5 Å². The summed E-state index contributed by atoms with van der Waals surface area (Å²) in [6, 6.07) is 10.7. The van der Waals surface area contributed by atoms with Gasteiger partial charge in [0.05, 0.1) is 0 Å². The van der Waals surface area contributed by atoms with Gasteiger partial charge in [0.15, 0.2) is 5.65 Å². The number of amides is 2. The van der Waals surface area contributed by atoms with Crippen LogP contribution in [0.3, 0.4) is 0 Å². The monoisotopic (exact) mass is 409 g/mol. The molecule has 30 heavy (non-hydrogen) atoms. The molecule has 2 amide bonds. The van der Waals surface area contributed by atoms with Crippen LogP contribution in [0.5, 0.6) is 0 Å². The predicted molar refractivity (Wildman–Crippen MR) is 115 cm³/mol. The third kappa shape index (κ3) is 4.42. The highest BCUT2D eigenvalue weighted by Gasteiger charge is 2.23. The summed E-state index contributed by atoms with van der Waals surface area (Å²) in [5.74, 6) is -0.606. The Labute approximate surface area is 175 Å². The van der Waals surface area contributed by atoms with Crippen molar-refractivity contribution < 1.29 is 9.59 Å². The van der Waals surface area contributed by atoms with Crippen molar-refractivity contribution in [1.82, 2.24) is 19.1 Å². The van der Waals surface area contributed by atoms with E-state index in [9.17, 15) is 14.4 Å². The highest BCUT2D eigenvalue weighted by atomic mass is 16.2. The number of fused-ring (bicyclic) bond motifs is 1. The Balaban J connectivity index is 1.77. The van der Waals surface area contributed by atoms with Gasteiger partial charge in [0.1, 0.15) is 13.1 Å². The van der Waals surface area contributed by atoms with Gasteiger partial charge in [-0.15, -0.1) is 5.10 Å². The Kier molecular flexibility index (Phi) is 6.34. The first kappa shape index (κ1) is 21.3. The zero-order chi connectivity index (χ0) is 21.8. The molecule has 2 aromatic heterocycles. The van der Waals surface area contributed by atoms with Gasteiger partial charge in [-0.3, -0.25) is 14.0 Å². The molecular weight excluding hydrogens is 382 g/mol. The lowest BCUT2D eigenvalue weighted by molar-refractivity contribution is -0.137. The van der Waals surface area contributed by atoms with Gasteiger partial charge in [-0.05, 0) is 56.5 Å². The van der Waals surface area contributed by atoms with E-state index in [1.54, 1.807) is 24.4 Å². The quantitative estimate of drug-likeness (QED) is 0.649. The minimum atomic E-state index is -0.386. The Morgan fingerprint density at radius 2 is 1.93 bits per heavy atom. The molecule has 1 aromatic carbocycles. The summed E-state index contributed by atoms with van der Waals surface area (Å²) in [6.45, 7) is 7.44. The number of carbonyl (C=O) groups is 2. The van der Waals surface area contributed by atoms with E-state index >= 15 is 0 Å². The molecular formula is C22H27N5O3. The fraction of sp³-hybridized carbons (Fsp3) is 0.364. The molecule has 8 nitrogen and oxygen atoms in total. The van der Waals surface area contributed by atoms with Crippen LogP contribution in [0.15, 0.2) is 47.4 Å². The summed E-state index contributed by atoms with van der Waals surface area (Å²) < 4.78 is 2.52. The molecule has 0 spiro atoms. The van der Waals surface area contributed by atoms with Gasteiger partial charge in [-0.2, -0.15) is 0 Å². The van der Waals surface area contributed by atoms with E-state index in [-0.39, 0.29) is 36.6 Å². The van der Waals surface area contributed by atoms with Gasteiger partial charge in [0, 0.05) is 17.9 Å². The molecule has 0 saturated carbocycles. The van der Waals surface area contributed by atoms with Crippen LogP contribution in [-0.2, 0) is 16.1 Å². The van der Waals surface area contributed by atoms with Crippen molar-refractivity contribution in [2.24, 2.45) is 0 Å². The Bertz CT molecular complexity index is 1130. The summed E-state index contributed by atoms with van der Waals surface area (Å²) >= 11 is 0. The number of aromatic nitrogens is 3.